The van der Waals surface area contributed by atoms with Gasteiger partial charge in [-0.1, -0.05) is 19.1 Å². The minimum atomic E-state index is -4.17. The lowest BCUT2D eigenvalue weighted by molar-refractivity contribution is -0.124. The van der Waals surface area contributed by atoms with Crippen molar-refractivity contribution in [2.75, 3.05) is 18.9 Å². The van der Waals surface area contributed by atoms with Gasteiger partial charge in [-0.05, 0) is 42.8 Å². The van der Waals surface area contributed by atoms with Crippen LogP contribution in [0.3, 0.4) is 0 Å². The Morgan fingerprint density at radius 1 is 1.16 bits per heavy atom. The zero-order valence-corrected chi connectivity index (χ0v) is 22.0. The van der Waals surface area contributed by atoms with E-state index in [1.807, 2.05) is 0 Å². The highest BCUT2D eigenvalue weighted by Gasteiger charge is 2.22. The van der Waals surface area contributed by atoms with Crippen LogP contribution in [0, 0.1) is 18.7 Å². The van der Waals surface area contributed by atoms with Crippen molar-refractivity contribution >= 4 is 32.5 Å². The van der Waals surface area contributed by atoms with E-state index in [0.717, 1.165) is 0 Å². The largest absolute Gasteiger partial charge is 0.480 e. The monoisotopic (exact) mass is 539 g/mol. The lowest BCUT2D eigenvalue weighted by atomic mass is 10.0. The summed E-state index contributed by atoms with van der Waals surface area (Å²) in [6, 6.07) is 10.3. The molecule has 0 saturated carbocycles. The van der Waals surface area contributed by atoms with Crippen molar-refractivity contribution in [2.24, 2.45) is 5.92 Å². The molecule has 0 aliphatic carbocycles. The molecular formula is C26H26FN5O5S. The summed E-state index contributed by atoms with van der Waals surface area (Å²) in [5.74, 6) is -1.27. The molecule has 12 heteroatoms. The molecule has 0 fully saturated rings. The summed E-state index contributed by atoms with van der Waals surface area (Å²) in [6.07, 6.45) is 2.88. The number of hydrogen-bond donors (Lipinski definition) is 2. The maximum atomic E-state index is 14.0. The third-order valence-electron chi connectivity index (χ3n) is 6.12. The summed E-state index contributed by atoms with van der Waals surface area (Å²) in [5.41, 5.74) is 1.23. The number of nitrogens with one attached hydrogen (secondary N) is 2. The van der Waals surface area contributed by atoms with Gasteiger partial charge in [-0.2, -0.15) is 0 Å². The third-order valence-corrected chi connectivity index (χ3v) is 7.63. The van der Waals surface area contributed by atoms with Crippen molar-refractivity contribution < 1.29 is 22.3 Å². The van der Waals surface area contributed by atoms with Gasteiger partial charge in [0.25, 0.3) is 15.6 Å². The summed E-state index contributed by atoms with van der Waals surface area (Å²) >= 11 is 0. The summed E-state index contributed by atoms with van der Waals surface area (Å²) < 4.78 is 49.2. The molecule has 4 aromatic rings. The first-order valence-electron chi connectivity index (χ1n) is 11.6. The number of aromatic nitrogens is 3. The Hall–Kier alpha value is -4.32. The van der Waals surface area contributed by atoms with Crippen molar-refractivity contribution in [1.29, 1.82) is 0 Å². The van der Waals surface area contributed by atoms with Gasteiger partial charge < -0.3 is 10.1 Å². The molecule has 1 atom stereocenters. The lowest BCUT2D eigenvalue weighted by Crippen LogP contribution is -2.32. The minimum absolute atomic E-state index is 0.0133. The Morgan fingerprint density at radius 3 is 2.63 bits per heavy atom. The number of sulfonamides is 1. The zero-order valence-electron chi connectivity index (χ0n) is 21.1. The van der Waals surface area contributed by atoms with Gasteiger partial charge >= 0.3 is 0 Å². The van der Waals surface area contributed by atoms with E-state index in [9.17, 15) is 22.4 Å². The van der Waals surface area contributed by atoms with Crippen molar-refractivity contribution in [3.8, 4) is 17.0 Å². The average Bonchev–Trinajstić information content (AvgIpc) is 2.90. The highest BCUT2D eigenvalue weighted by atomic mass is 32.2. The number of pyridine rings is 1. The lowest BCUT2D eigenvalue weighted by Gasteiger charge is -2.14. The highest BCUT2D eigenvalue weighted by molar-refractivity contribution is 7.92. The van der Waals surface area contributed by atoms with E-state index in [0.29, 0.717) is 22.0 Å². The molecule has 2 heterocycles. The molecule has 0 aliphatic heterocycles. The molecule has 2 aromatic carbocycles. The SMILES string of the molecule is CNC(=O)[C@@H](C)Cn1cnc2ccc(-c3cnc(OC)c(NS(=O)(=O)c4cccc(F)c4C)c3)cc2c1=O. The standard InChI is InChI=1S/C26H26FN5O5S/c1-15(24(33)28-3)13-32-14-30-21-9-8-17(10-19(21)26(32)34)18-11-22(25(37-4)29-12-18)31-38(35,36)23-7-5-6-20(27)16(23)2/h5-12,14-15,31H,13H2,1-4H3,(H,28,33)/t15-/m0/s1. The number of rotatable bonds is 8. The molecule has 0 unspecified atom stereocenters. The Morgan fingerprint density at radius 2 is 1.92 bits per heavy atom. The molecule has 0 bridgehead atoms. The van der Waals surface area contributed by atoms with Gasteiger partial charge in [0.05, 0.1) is 35.2 Å². The van der Waals surface area contributed by atoms with E-state index in [2.05, 4.69) is 20.0 Å². The fraction of sp³-hybridized carbons (Fsp3) is 0.231. The molecular weight excluding hydrogens is 513 g/mol. The van der Waals surface area contributed by atoms with Crippen LogP contribution in [0.5, 0.6) is 5.88 Å². The van der Waals surface area contributed by atoms with Crippen LogP contribution in [-0.4, -0.2) is 43.0 Å². The molecule has 4 rings (SSSR count). The molecule has 0 spiro atoms. The molecule has 0 radical (unpaired) electrons. The first kappa shape index (κ1) is 26.7. The second kappa shape index (κ2) is 10.6. The van der Waals surface area contributed by atoms with Gasteiger partial charge in [0.15, 0.2) is 0 Å². The van der Waals surface area contributed by atoms with Gasteiger partial charge in [-0.15, -0.1) is 0 Å². The van der Waals surface area contributed by atoms with Gasteiger partial charge in [-0.3, -0.25) is 18.9 Å². The highest BCUT2D eigenvalue weighted by Crippen LogP contribution is 2.31. The van der Waals surface area contributed by atoms with Crippen LogP contribution in [0.4, 0.5) is 10.1 Å². The van der Waals surface area contributed by atoms with E-state index in [1.54, 1.807) is 25.1 Å². The average molecular weight is 540 g/mol. The molecule has 0 saturated heterocycles. The van der Waals surface area contributed by atoms with Gasteiger partial charge in [0.2, 0.25) is 11.8 Å². The number of carbonyl (C=O) groups excluding carboxylic acids is 1. The van der Waals surface area contributed by atoms with Crippen molar-refractivity contribution in [3.63, 3.8) is 0 Å². The fourth-order valence-corrected chi connectivity index (χ4v) is 5.32. The van der Waals surface area contributed by atoms with Crippen LogP contribution >= 0.6 is 0 Å². The molecule has 1 amide bonds. The van der Waals surface area contributed by atoms with Gasteiger partial charge in [0, 0.05) is 30.9 Å². The molecule has 0 aliphatic rings. The second-order valence-corrected chi connectivity index (χ2v) is 10.3. The first-order chi connectivity index (χ1) is 18.1. The predicted molar refractivity (Wildman–Crippen MR) is 141 cm³/mol. The molecule has 2 N–H and O–H groups in total. The number of ether oxygens (including phenoxy) is 1. The van der Waals surface area contributed by atoms with Gasteiger partial charge in [0.1, 0.15) is 11.5 Å². The van der Waals surface area contributed by atoms with E-state index >= 15 is 0 Å². The predicted octanol–water partition coefficient (Wildman–Crippen LogP) is 3.10. The molecule has 198 valence electrons. The van der Waals surface area contributed by atoms with Crippen LogP contribution in [0.15, 0.2) is 64.7 Å². The Bertz CT molecular complexity index is 1700. The second-order valence-electron chi connectivity index (χ2n) is 8.70. The van der Waals surface area contributed by atoms with E-state index in [1.165, 1.54) is 62.4 Å². The number of nitrogens with zero attached hydrogens (tertiary/aromatic N) is 3. The van der Waals surface area contributed by atoms with Crippen LogP contribution in [0.25, 0.3) is 22.0 Å². The number of halogens is 1. The number of benzene rings is 2. The number of methoxy groups -OCH3 is 1. The van der Waals surface area contributed by atoms with Crippen LogP contribution in [0.2, 0.25) is 0 Å². The third kappa shape index (κ3) is 5.21. The molecule has 2 aromatic heterocycles. The molecule has 38 heavy (non-hydrogen) atoms. The first-order valence-corrected chi connectivity index (χ1v) is 13.1. The summed E-state index contributed by atoms with van der Waals surface area (Å²) in [7, 11) is -1.30. The number of amides is 1. The summed E-state index contributed by atoms with van der Waals surface area (Å²) in [5, 5.41) is 2.88. The number of hydrogen-bond acceptors (Lipinski definition) is 7. The van der Waals surface area contributed by atoms with Crippen LogP contribution in [-0.2, 0) is 21.4 Å². The fourth-order valence-electron chi connectivity index (χ4n) is 4.02. The summed E-state index contributed by atoms with van der Waals surface area (Å²) in [4.78, 5) is 33.4. The normalized spacial score (nSPS) is 12.2. The van der Waals surface area contributed by atoms with Gasteiger partial charge in [-0.25, -0.2) is 22.8 Å². The maximum Gasteiger partial charge on any atom is 0.262 e. The quantitative estimate of drug-likeness (QED) is 0.352. The molecule has 10 nitrogen and oxygen atoms in total. The minimum Gasteiger partial charge on any atom is -0.480 e. The van der Waals surface area contributed by atoms with E-state index < -0.39 is 21.8 Å². The van der Waals surface area contributed by atoms with E-state index in [-0.39, 0.29) is 40.0 Å². The van der Waals surface area contributed by atoms with Crippen molar-refractivity contribution in [2.45, 2.75) is 25.3 Å². The Labute approximate surface area is 218 Å². The number of fused-ring (bicyclic) bond motifs is 1. The number of carbonyl (C=O) groups is 1. The Balaban J connectivity index is 1.74. The van der Waals surface area contributed by atoms with E-state index in [4.69, 9.17) is 4.74 Å². The Kier molecular flexibility index (Phi) is 7.44. The summed E-state index contributed by atoms with van der Waals surface area (Å²) in [6.45, 7) is 3.24. The number of anilines is 1. The van der Waals surface area contributed by atoms with Crippen molar-refractivity contribution in [3.05, 3.63) is 76.7 Å². The maximum absolute atomic E-state index is 14.0. The zero-order chi connectivity index (χ0) is 27.6. The van der Waals surface area contributed by atoms with Crippen LogP contribution < -0.4 is 20.3 Å². The van der Waals surface area contributed by atoms with Crippen LogP contribution in [0.1, 0.15) is 12.5 Å². The van der Waals surface area contributed by atoms with Crippen molar-refractivity contribution in [1.82, 2.24) is 19.9 Å². The topological polar surface area (TPSA) is 132 Å². The smallest absolute Gasteiger partial charge is 0.262 e.